The molecule has 0 fully saturated rings. The second-order valence-electron chi connectivity index (χ2n) is 20.3. The highest BCUT2D eigenvalue weighted by Gasteiger charge is 2.18. The molecule has 0 bridgehead atoms. The summed E-state index contributed by atoms with van der Waals surface area (Å²) in [5, 5.41) is 0. The van der Waals surface area contributed by atoms with Gasteiger partial charge in [-0.25, -0.2) is 8.42 Å². The fourth-order valence-corrected chi connectivity index (χ4v) is 9.73. The predicted molar refractivity (Wildman–Crippen MR) is 350 cm³/mol. The molecule has 0 saturated carbocycles. The second kappa shape index (κ2) is 28.4. The molecule has 13 heteroatoms. The Kier molecular flexibility index (Phi) is 19.3. The molecular formula is C75H63N3O9S. The molecule has 0 spiro atoms. The number of anilines is 3. The average Bonchev–Trinajstić information content (AvgIpc) is 2.53. The fraction of sp³-hybridized carbons (Fsp3) is 0.0400. The highest BCUT2D eigenvalue weighted by Crippen LogP contribution is 2.33. The van der Waals surface area contributed by atoms with Gasteiger partial charge in [-0.2, -0.15) is 0 Å². The molecule has 0 heterocycles. The Labute approximate surface area is 513 Å². The summed E-state index contributed by atoms with van der Waals surface area (Å²) >= 11 is 0. The summed E-state index contributed by atoms with van der Waals surface area (Å²) in [7, 11) is -3.66. The van der Waals surface area contributed by atoms with Crippen molar-refractivity contribution in [2.75, 3.05) is 17.2 Å². The average molecular weight is 1180 g/mol. The van der Waals surface area contributed by atoms with Gasteiger partial charge in [-0.3, -0.25) is 0 Å². The molecule has 438 valence electrons. The zero-order valence-electron chi connectivity index (χ0n) is 48.5. The minimum absolute atomic E-state index is 0.185. The van der Waals surface area contributed by atoms with E-state index in [0.717, 1.165) is 79.9 Å². The standard InChI is InChI=1S/C25H21NO4S.C25H21NO3.C25H21NO2/c1-18-2-6-20(7-3-18)29-22-10-14-24(15-11-22)31(27,28)25-16-12-23(13-17-25)30-21-8-4-19(26)5-9-21;1-18-2-6-20(7-3-18)27-22-10-14-24(15-11-22)29-25-16-12-23(13-17-25)28-21-8-4-19(26)5-9-21;1-18-2-10-22(11-3-18)27-23-12-4-19(5-13-23)20-6-14-24(15-7-20)28-25-16-8-21(26)9-17-25/h2-17H,26H2,1H3;2-17H,26H2,1H3;2-17H,26H2,1H3. The number of nitrogens with two attached hydrogens (primary N) is 3. The van der Waals surface area contributed by atoms with E-state index in [4.69, 9.17) is 50.4 Å². The molecule has 12 aromatic carbocycles. The van der Waals surface area contributed by atoms with E-state index >= 15 is 0 Å². The van der Waals surface area contributed by atoms with Gasteiger partial charge in [0.15, 0.2) is 0 Å². The van der Waals surface area contributed by atoms with Crippen molar-refractivity contribution in [1.29, 1.82) is 0 Å². The number of hydrogen-bond acceptors (Lipinski definition) is 12. The summed E-state index contributed by atoms with van der Waals surface area (Å²) in [6, 6.07) is 88.9. The Bertz CT molecular complexity index is 3980. The lowest BCUT2D eigenvalue weighted by Crippen LogP contribution is -2.01. The van der Waals surface area contributed by atoms with Gasteiger partial charge in [-0.05, 0) is 262 Å². The third-order valence-electron chi connectivity index (χ3n) is 13.3. The van der Waals surface area contributed by atoms with E-state index in [2.05, 4.69) is 19.1 Å². The van der Waals surface area contributed by atoms with Crippen LogP contribution in [0.25, 0.3) is 11.1 Å². The molecule has 0 aliphatic heterocycles. The van der Waals surface area contributed by atoms with Crippen LogP contribution in [0.3, 0.4) is 0 Å². The summed E-state index contributed by atoms with van der Waals surface area (Å²) in [5.41, 5.74) is 24.9. The zero-order valence-corrected chi connectivity index (χ0v) is 49.3. The van der Waals surface area contributed by atoms with Crippen LogP contribution in [0.2, 0.25) is 0 Å². The van der Waals surface area contributed by atoms with Crippen molar-refractivity contribution >= 4 is 26.9 Å². The van der Waals surface area contributed by atoms with Crippen molar-refractivity contribution in [1.82, 2.24) is 0 Å². The van der Waals surface area contributed by atoms with Gasteiger partial charge < -0.3 is 50.4 Å². The van der Waals surface area contributed by atoms with Gasteiger partial charge in [0, 0.05) is 17.1 Å². The van der Waals surface area contributed by atoms with E-state index in [1.54, 1.807) is 60.7 Å². The summed E-state index contributed by atoms with van der Waals surface area (Å²) in [6.07, 6.45) is 0. The SMILES string of the molecule is Cc1ccc(Oc2ccc(-c3ccc(Oc4ccc(N)cc4)cc3)cc2)cc1.Cc1ccc(Oc2ccc(Oc3ccc(Oc4ccc(N)cc4)cc3)cc2)cc1.Cc1ccc(Oc2ccc(S(=O)(=O)c3ccc(Oc4ccc(N)cc4)cc3)cc2)cc1. The van der Waals surface area contributed by atoms with E-state index in [1.165, 1.54) is 35.4 Å². The van der Waals surface area contributed by atoms with E-state index < -0.39 is 9.84 Å². The highest BCUT2D eigenvalue weighted by molar-refractivity contribution is 7.91. The quantitative estimate of drug-likeness (QED) is 0.0737. The lowest BCUT2D eigenvalue weighted by Gasteiger charge is -2.10. The molecule has 0 aliphatic rings. The number of rotatable bonds is 17. The Morgan fingerprint density at radius 1 is 0.205 bits per heavy atom. The van der Waals surface area contributed by atoms with Gasteiger partial charge in [0.1, 0.15) is 80.5 Å². The van der Waals surface area contributed by atoms with E-state index in [9.17, 15) is 8.42 Å². The molecule has 12 rings (SSSR count). The lowest BCUT2D eigenvalue weighted by molar-refractivity contribution is 0.464. The number of ether oxygens (including phenoxy) is 7. The van der Waals surface area contributed by atoms with Crippen molar-refractivity contribution in [3.63, 3.8) is 0 Å². The molecule has 0 radical (unpaired) electrons. The zero-order chi connectivity index (χ0) is 61.2. The first kappa shape index (κ1) is 59.7. The largest absolute Gasteiger partial charge is 0.457 e. The first-order chi connectivity index (χ1) is 42.7. The Hall–Kier alpha value is -11.4. The van der Waals surface area contributed by atoms with Gasteiger partial charge in [0.25, 0.3) is 0 Å². The van der Waals surface area contributed by atoms with Gasteiger partial charge in [0.2, 0.25) is 9.84 Å². The first-order valence-electron chi connectivity index (χ1n) is 28.1. The molecule has 0 amide bonds. The van der Waals surface area contributed by atoms with Crippen molar-refractivity contribution in [3.05, 3.63) is 308 Å². The minimum Gasteiger partial charge on any atom is -0.457 e. The molecule has 88 heavy (non-hydrogen) atoms. The summed E-state index contributed by atoms with van der Waals surface area (Å²) < 4.78 is 66.6. The normalized spacial score (nSPS) is 10.7. The molecule has 6 N–H and O–H groups in total. The molecule has 12 nitrogen and oxygen atoms in total. The lowest BCUT2D eigenvalue weighted by atomic mass is 10.1. The Morgan fingerprint density at radius 2 is 0.341 bits per heavy atom. The smallest absolute Gasteiger partial charge is 0.206 e. The monoisotopic (exact) mass is 1180 g/mol. The molecule has 12 aromatic rings. The highest BCUT2D eigenvalue weighted by atomic mass is 32.2. The van der Waals surface area contributed by atoms with Crippen LogP contribution in [-0.4, -0.2) is 8.42 Å². The Balaban J connectivity index is 0.000000146. The second-order valence-corrected chi connectivity index (χ2v) is 22.2. The summed E-state index contributed by atoms with van der Waals surface area (Å²) in [5.74, 6) is 10.1. The maximum atomic E-state index is 13.0. The van der Waals surface area contributed by atoms with Crippen LogP contribution in [0, 0.1) is 20.8 Å². The van der Waals surface area contributed by atoms with Crippen LogP contribution >= 0.6 is 0 Å². The summed E-state index contributed by atoms with van der Waals surface area (Å²) in [6.45, 7) is 6.11. The summed E-state index contributed by atoms with van der Waals surface area (Å²) in [4.78, 5) is 0.375. The molecule has 0 atom stereocenters. The van der Waals surface area contributed by atoms with Crippen molar-refractivity contribution in [2.45, 2.75) is 30.6 Å². The van der Waals surface area contributed by atoms with Crippen LogP contribution < -0.4 is 50.4 Å². The van der Waals surface area contributed by atoms with Gasteiger partial charge in [-0.15, -0.1) is 0 Å². The van der Waals surface area contributed by atoms with E-state index in [1.807, 2.05) is 208 Å². The van der Waals surface area contributed by atoms with Crippen molar-refractivity contribution in [3.8, 4) is 91.6 Å². The van der Waals surface area contributed by atoms with Crippen molar-refractivity contribution < 1.29 is 41.6 Å². The van der Waals surface area contributed by atoms with E-state index in [-0.39, 0.29) is 9.79 Å². The number of benzene rings is 12. The molecule has 0 aliphatic carbocycles. The Morgan fingerprint density at radius 3 is 0.523 bits per heavy atom. The topological polar surface area (TPSA) is 177 Å². The number of hydrogen-bond donors (Lipinski definition) is 3. The maximum absolute atomic E-state index is 13.0. The molecular weight excluding hydrogens is 1120 g/mol. The fourth-order valence-electron chi connectivity index (χ4n) is 8.47. The van der Waals surface area contributed by atoms with Gasteiger partial charge in [0.05, 0.1) is 9.79 Å². The third-order valence-corrected chi connectivity index (χ3v) is 15.1. The molecule has 0 aromatic heterocycles. The number of nitrogen functional groups attached to an aromatic ring is 3. The van der Waals surface area contributed by atoms with Crippen LogP contribution in [0.5, 0.6) is 80.5 Å². The van der Waals surface area contributed by atoms with Crippen LogP contribution in [-0.2, 0) is 9.84 Å². The minimum atomic E-state index is -3.66. The number of aryl methyl sites for hydroxylation is 3. The maximum Gasteiger partial charge on any atom is 0.206 e. The van der Waals surface area contributed by atoms with Crippen molar-refractivity contribution in [2.24, 2.45) is 0 Å². The van der Waals surface area contributed by atoms with Crippen LogP contribution in [0.1, 0.15) is 16.7 Å². The molecule has 0 saturated heterocycles. The van der Waals surface area contributed by atoms with Gasteiger partial charge >= 0.3 is 0 Å². The van der Waals surface area contributed by atoms with Crippen LogP contribution in [0.4, 0.5) is 17.1 Å². The van der Waals surface area contributed by atoms with E-state index in [0.29, 0.717) is 34.4 Å². The predicted octanol–water partition coefficient (Wildman–Crippen LogP) is 19.8. The third kappa shape index (κ3) is 17.3. The number of sulfone groups is 1. The van der Waals surface area contributed by atoms with Crippen LogP contribution in [0.15, 0.2) is 301 Å². The first-order valence-corrected chi connectivity index (χ1v) is 29.6. The molecule has 0 unspecified atom stereocenters. The van der Waals surface area contributed by atoms with Gasteiger partial charge in [-0.1, -0.05) is 77.4 Å².